The maximum Gasteiger partial charge on any atom is 0.254 e. The normalized spacial score (nSPS) is 19.6. The first-order valence-electron chi connectivity index (χ1n) is 13.3. The Balaban J connectivity index is 1.20. The highest BCUT2D eigenvalue weighted by Crippen LogP contribution is 2.28. The van der Waals surface area contributed by atoms with E-state index in [4.69, 9.17) is 0 Å². The smallest absolute Gasteiger partial charge is 0.254 e. The number of hydrogen-bond acceptors (Lipinski definition) is 5. The van der Waals surface area contributed by atoms with E-state index in [1.807, 2.05) is 15.9 Å². The Morgan fingerprint density at radius 2 is 1.81 bits per heavy atom. The van der Waals surface area contributed by atoms with Gasteiger partial charge in [0.2, 0.25) is 5.91 Å². The molecule has 0 radical (unpaired) electrons. The molecule has 2 aromatic carbocycles. The molecule has 2 aromatic rings. The average molecular weight is 491 g/mol. The van der Waals surface area contributed by atoms with Crippen molar-refractivity contribution in [2.45, 2.75) is 58.2 Å². The Morgan fingerprint density at radius 3 is 2.56 bits per heavy atom. The van der Waals surface area contributed by atoms with Crippen LogP contribution in [-0.4, -0.2) is 83.0 Å². The number of nitrogens with zero attached hydrogens (tertiary/aromatic N) is 3. The Hall–Kier alpha value is -2.90. The Labute approximate surface area is 214 Å². The lowest BCUT2D eigenvalue weighted by molar-refractivity contribution is -0.129. The van der Waals surface area contributed by atoms with Crippen LogP contribution in [0.15, 0.2) is 36.4 Å². The van der Waals surface area contributed by atoms with Crippen molar-refractivity contribution in [1.29, 1.82) is 0 Å². The highest BCUT2D eigenvalue weighted by Gasteiger charge is 2.29. The molecule has 1 saturated heterocycles. The van der Waals surface area contributed by atoms with Crippen molar-refractivity contribution < 1.29 is 14.7 Å². The van der Waals surface area contributed by atoms with E-state index >= 15 is 0 Å². The van der Waals surface area contributed by atoms with Gasteiger partial charge in [0.1, 0.15) is 0 Å². The predicted molar refractivity (Wildman–Crippen MR) is 141 cm³/mol. The number of rotatable bonds is 6. The van der Waals surface area contributed by atoms with Crippen molar-refractivity contribution in [2.24, 2.45) is 0 Å². The molecule has 2 N–H and O–H groups in total. The number of carbonyl (C=O) groups excluding carboxylic acids is 2. The number of benzene rings is 2. The lowest BCUT2D eigenvalue weighted by atomic mass is 9.93. The highest BCUT2D eigenvalue weighted by molar-refractivity contribution is 5.98. The van der Waals surface area contributed by atoms with E-state index in [1.165, 1.54) is 11.1 Å². The van der Waals surface area contributed by atoms with Crippen LogP contribution in [0.1, 0.15) is 52.4 Å². The number of amides is 2. The van der Waals surface area contributed by atoms with Crippen molar-refractivity contribution in [1.82, 2.24) is 14.7 Å². The van der Waals surface area contributed by atoms with Crippen molar-refractivity contribution in [3.05, 3.63) is 64.2 Å². The van der Waals surface area contributed by atoms with Crippen LogP contribution >= 0.6 is 0 Å². The fraction of sp³-hybridized carbons (Fsp3) is 0.517. The molecule has 1 unspecified atom stereocenters. The van der Waals surface area contributed by atoms with Crippen LogP contribution in [0, 0.1) is 6.92 Å². The Kier molecular flexibility index (Phi) is 7.30. The first-order chi connectivity index (χ1) is 17.4. The van der Waals surface area contributed by atoms with Crippen LogP contribution in [0.5, 0.6) is 0 Å². The molecule has 3 heterocycles. The maximum atomic E-state index is 13.5. The van der Waals surface area contributed by atoms with Crippen LogP contribution in [-0.2, 0) is 24.2 Å². The summed E-state index contributed by atoms with van der Waals surface area (Å²) in [6.45, 7) is 8.60. The predicted octanol–water partition coefficient (Wildman–Crippen LogP) is 2.84. The maximum absolute atomic E-state index is 13.5. The number of fused-ring (bicyclic) bond motifs is 2. The topological polar surface area (TPSA) is 76.1 Å². The molecule has 3 aliphatic heterocycles. The van der Waals surface area contributed by atoms with E-state index in [1.54, 1.807) is 6.92 Å². The van der Waals surface area contributed by atoms with E-state index in [0.29, 0.717) is 25.7 Å². The van der Waals surface area contributed by atoms with Crippen LogP contribution in [0.3, 0.4) is 0 Å². The molecule has 5 rings (SSSR count). The molecular weight excluding hydrogens is 452 g/mol. The molecule has 0 spiro atoms. The number of aliphatic hydroxyl groups is 1. The SMILES string of the molecule is CC(=O)N1CCC(Nc2cc(C)c3c(c2)C(=O)N(CC(O)CN2CCc4ccccc4C2)CC3)CC1. The van der Waals surface area contributed by atoms with Crippen LogP contribution in [0.25, 0.3) is 0 Å². The van der Waals surface area contributed by atoms with Crippen molar-refractivity contribution in [3.8, 4) is 0 Å². The van der Waals surface area contributed by atoms with E-state index < -0.39 is 6.10 Å². The summed E-state index contributed by atoms with van der Waals surface area (Å²) < 4.78 is 0. The van der Waals surface area contributed by atoms with Crippen molar-refractivity contribution >= 4 is 17.5 Å². The third-order valence-corrected chi connectivity index (χ3v) is 8.04. The van der Waals surface area contributed by atoms with Gasteiger partial charge in [0.05, 0.1) is 6.10 Å². The van der Waals surface area contributed by atoms with Gasteiger partial charge in [-0.3, -0.25) is 14.5 Å². The summed E-state index contributed by atoms with van der Waals surface area (Å²) in [5.74, 6) is 0.147. The van der Waals surface area contributed by atoms with Gasteiger partial charge >= 0.3 is 0 Å². The molecule has 0 bridgehead atoms. The lowest BCUT2D eigenvalue weighted by Gasteiger charge is -2.35. The highest BCUT2D eigenvalue weighted by atomic mass is 16.3. The van der Waals surface area contributed by atoms with E-state index in [9.17, 15) is 14.7 Å². The summed E-state index contributed by atoms with van der Waals surface area (Å²) in [5, 5.41) is 14.5. The second-order valence-corrected chi connectivity index (χ2v) is 10.7. The summed E-state index contributed by atoms with van der Waals surface area (Å²) in [6, 6.07) is 12.9. The summed E-state index contributed by atoms with van der Waals surface area (Å²) in [5.41, 5.74) is 6.71. The lowest BCUT2D eigenvalue weighted by Crippen LogP contribution is -2.46. The number of aryl methyl sites for hydroxylation is 1. The number of likely N-dealkylation sites (tertiary alicyclic amines) is 1. The zero-order valence-electron chi connectivity index (χ0n) is 21.5. The minimum atomic E-state index is -0.574. The third kappa shape index (κ3) is 5.42. The minimum Gasteiger partial charge on any atom is -0.390 e. The number of β-amino-alcohol motifs (C(OH)–C–C–N with tert-alkyl or cyclic N) is 1. The van der Waals surface area contributed by atoms with E-state index in [-0.39, 0.29) is 11.8 Å². The van der Waals surface area contributed by atoms with Gasteiger partial charge in [-0.15, -0.1) is 0 Å². The van der Waals surface area contributed by atoms with Crippen LogP contribution < -0.4 is 5.32 Å². The monoisotopic (exact) mass is 490 g/mol. The van der Waals surface area contributed by atoms with Gasteiger partial charge in [0.15, 0.2) is 0 Å². The van der Waals surface area contributed by atoms with Crippen LogP contribution in [0.4, 0.5) is 5.69 Å². The number of carbonyl (C=O) groups is 2. The Morgan fingerprint density at radius 1 is 1.06 bits per heavy atom. The number of aliphatic hydroxyl groups excluding tert-OH is 1. The standard InChI is InChI=1S/C29H38N4O3/c1-20-15-25(30-24-8-12-32(13-9-24)21(2)34)16-28-27(20)10-14-33(29(28)36)19-26(35)18-31-11-7-22-5-3-4-6-23(22)17-31/h3-6,15-16,24,26,30,35H,7-14,17-19H2,1-2H3. The number of piperidine rings is 1. The van der Waals surface area contributed by atoms with E-state index in [0.717, 1.165) is 74.2 Å². The summed E-state index contributed by atoms with van der Waals surface area (Å²) in [6.07, 6.45) is 3.05. The summed E-state index contributed by atoms with van der Waals surface area (Å²) >= 11 is 0. The first-order valence-corrected chi connectivity index (χ1v) is 13.3. The molecule has 0 saturated carbocycles. The van der Waals surface area contributed by atoms with Gasteiger partial charge in [-0.1, -0.05) is 24.3 Å². The summed E-state index contributed by atoms with van der Waals surface area (Å²) in [4.78, 5) is 31.1. The largest absolute Gasteiger partial charge is 0.390 e. The second-order valence-electron chi connectivity index (χ2n) is 10.7. The molecule has 3 aliphatic rings. The number of hydrogen-bond donors (Lipinski definition) is 2. The fourth-order valence-corrected chi connectivity index (χ4v) is 6.01. The van der Waals surface area contributed by atoms with Gasteiger partial charge < -0.3 is 20.2 Å². The molecule has 7 heteroatoms. The van der Waals surface area contributed by atoms with Gasteiger partial charge in [-0.05, 0) is 67.0 Å². The quantitative estimate of drug-likeness (QED) is 0.651. The molecule has 0 aromatic heterocycles. The van der Waals surface area contributed by atoms with Gasteiger partial charge in [-0.25, -0.2) is 0 Å². The zero-order valence-corrected chi connectivity index (χ0v) is 21.5. The molecule has 2 amide bonds. The second kappa shape index (κ2) is 10.6. The van der Waals surface area contributed by atoms with Gasteiger partial charge in [-0.2, -0.15) is 0 Å². The fourth-order valence-electron chi connectivity index (χ4n) is 6.01. The van der Waals surface area contributed by atoms with E-state index in [2.05, 4.69) is 47.5 Å². The molecular formula is C29H38N4O3. The average Bonchev–Trinajstić information content (AvgIpc) is 2.86. The minimum absolute atomic E-state index is 0.0115. The molecule has 192 valence electrons. The first kappa shape index (κ1) is 24.8. The molecule has 0 aliphatic carbocycles. The van der Waals surface area contributed by atoms with Gasteiger partial charge in [0.25, 0.3) is 5.91 Å². The van der Waals surface area contributed by atoms with Crippen molar-refractivity contribution in [2.75, 3.05) is 44.6 Å². The van der Waals surface area contributed by atoms with Gasteiger partial charge in [0, 0.05) is 70.0 Å². The summed E-state index contributed by atoms with van der Waals surface area (Å²) in [7, 11) is 0. The Bertz CT molecular complexity index is 1130. The van der Waals surface area contributed by atoms with Crippen molar-refractivity contribution in [3.63, 3.8) is 0 Å². The molecule has 36 heavy (non-hydrogen) atoms. The molecule has 1 atom stereocenters. The number of anilines is 1. The third-order valence-electron chi connectivity index (χ3n) is 8.04. The zero-order chi connectivity index (χ0) is 25.2. The molecule has 1 fully saturated rings. The number of nitrogens with one attached hydrogen (secondary N) is 1. The molecule has 7 nitrogen and oxygen atoms in total. The van der Waals surface area contributed by atoms with Crippen LogP contribution in [0.2, 0.25) is 0 Å².